The van der Waals surface area contributed by atoms with Gasteiger partial charge in [0.1, 0.15) is 5.82 Å². The summed E-state index contributed by atoms with van der Waals surface area (Å²) in [7, 11) is 0. The molecule has 1 heterocycles. The van der Waals surface area contributed by atoms with E-state index in [0.717, 1.165) is 11.4 Å². The third-order valence-corrected chi connectivity index (χ3v) is 1.86. The van der Waals surface area contributed by atoms with Crippen LogP contribution in [0.3, 0.4) is 0 Å². The molecule has 0 unspecified atom stereocenters. The molecule has 88 valence electrons. The molecule has 0 saturated heterocycles. The van der Waals surface area contributed by atoms with Gasteiger partial charge in [0.2, 0.25) is 5.91 Å². The lowest BCUT2D eigenvalue weighted by molar-refractivity contribution is -0.120. The van der Waals surface area contributed by atoms with Gasteiger partial charge in [0.15, 0.2) is 0 Å². The van der Waals surface area contributed by atoms with Crippen molar-refractivity contribution in [2.45, 2.75) is 33.2 Å². The summed E-state index contributed by atoms with van der Waals surface area (Å²) in [5.41, 5.74) is 0.924. The molecule has 0 saturated carbocycles. The van der Waals surface area contributed by atoms with Crippen molar-refractivity contribution >= 4 is 11.7 Å². The topological polar surface area (TPSA) is 54.0 Å². The van der Waals surface area contributed by atoms with E-state index in [1.807, 2.05) is 39.8 Å². The smallest absolute Gasteiger partial charge is 0.239 e. The fraction of sp³-hybridized carbons (Fsp3) is 0.500. The van der Waals surface area contributed by atoms with E-state index in [4.69, 9.17) is 0 Å². The van der Waals surface area contributed by atoms with Crippen molar-refractivity contribution < 1.29 is 4.79 Å². The quantitative estimate of drug-likeness (QED) is 0.817. The fourth-order valence-electron chi connectivity index (χ4n) is 1.27. The zero-order valence-corrected chi connectivity index (χ0v) is 10.3. The maximum atomic E-state index is 11.5. The number of aryl methyl sites for hydroxylation is 1. The lowest BCUT2D eigenvalue weighted by Crippen LogP contribution is -2.43. The molecule has 0 fully saturated rings. The summed E-state index contributed by atoms with van der Waals surface area (Å²) >= 11 is 0. The van der Waals surface area contributed by atoms with Gasteiger partial charge in [-0.1, -0.05) is 0 Å². The van der Waals surface area contributed by atoms with E-state index in [1.165, 1.54) is 0 Å². The molecule has 0 atom stereocenters. The zero-order valence-electron chi connectivity index (χ0n) is 10.3. The monoisotopic (exact) mass is 221 g/mol. The molecule has 1 aromatic heterocycles. The van der Waals surface area contributed by atoms with Gasteiger partial charge in [0, 0.05) is 11.7 Å². The highest BCUT2D eigenvalue weighted by Crippen LogP contribution is 2.04. The van der Waals surface area contributed by atoms with Crippen molar-refractivity contribution in [3.8, 4) is 0 Å². The summed E-state index contributed by atoms with van der Waals surface area (Å²) in [6.45, 7) is 8.09. The normalized spacial score (nSPS) is 11.0. The number of rotatable bonds is 3. The van der Waals surface area contributed by atoms with Crippen molar-refractivity contribution in [3.63, 3.8) is 0 Å². The molecule has 0 radical (unpaired) electrons. The van der Waals surface area contributed by atoms with Crippen LogP contribution in [-0.4, -0.2) is 23.0 Å². The summed E-state index contributed by atoms with van der Waals surface area (Å²) in [6.07, 6.45) is 1.72. The summed E-state index contributed by atoms with van der Waals surface area (Å²) < 4.78 is 0. The molecule has 2 N–H and O–H groups in total. The highest BCUT2D eigenvalue weighted by molar-refractivity contribution is 5.81. The van der Waals surface area contributed by atoms with Crippen LogP contribution in [0.15, 0.2) is 18.3 Å². The Balaban J connectivity index is 2.43. The van der Waals surface area contributed by atoms with Crippen molar-refractivity contribution in [3.05, 3.63) is 23.9 Å². The molecule has 0 bridgehead atoms. The Hall–Kier alpha value is -1.58. The van der Waals surface area contributed by atoms with Gasteiger partial charge >= 0.3 is 0 Å². The number of amides is 1. The Bertz CT molecular complexity index is 369. The van der Waals surface area contributed by atoms with Crippen LogP contribution in [0.1, 0.15) is 26.3 Å². The first-order chi connectivity index (χ1) is 7.37. The highest BCUT2D eigenvalue weighted by Gasteiger charge is 2.13. The minimum Gasteiger partial charge on any atom is -0.361 e. The number of aromatic nitrogens is 1. The number of hydrogen-bond acceptors (Lipinski definition) is 3. The number of nitrogens with zero attached hydrogens (tertiary/aromatic N) is 1. The van der Waals surface area contributed by atoms with Crippen LogP contribution in [0.25, 0.3) is 0 Å². The molecule has 1 rings (SSSR count). The minimum atomic E-state index is -0.196. The van der Waals surface area contributed by atoms with Crippen LogP contribution in [-0.2, 0) is 4.79 Å². The third-order valence-electron chi connectivity index (χ3n) is 1.86. The Morgan fingerprint density at radius 2 is 2.12 bits per heavy atom. The van der Waals surface area contributed by atoms with E-state index < -0.39 is 0 Å². The highest BCUT2D eigenvalue weighted by atomic mass is 16.2. The van der Waals surface area contributed by atoms with Gasteiger partial charge < -0.3 is 10.6 Å². The van der Waals surface area contributed by atoms with Gasteiger partial charge in [-0.25, -0.2) is 4.98 Å². The molecule has 16 heavy (non-hydrogen) atoms. The van der Waals surface area contributed by atoms with Gasteiger partial charge in [0.25, 0.3) is 0 Å². The largest absolute Gasteiger partial charge is 0.361 e. The summed E-state index contributed by atoms with van der Waals surface area (Å²) in [5.74, 6) is 0.694. The van der Waals surface area contributed by atoms with E-state index in [-0.39, 0.29) is 18.0 Å². The molecule has 0 aliphatic heterocycles. The predicted octanol–water partition coefficient (Wildman–Crippen LogP) is 1.72. The van der Waals surface area contributed by atoms with E-state index in [0.29, 0.717) is 0 Å². The molecule has 0 aliphatic carbocycles. The number of carbonyl (C=O) groups excluding carboxylic acids is 1. The first kappa shape index (κ1) is 12.5. The van der Waals surface area contributed by atoms with Crippen molar-refractivity contribution in [1.29, 1.82) is 0 Å². The first-order valence-electron chi connectivity index (χ1n) is 5.34. The summed E-state index contributed by atoms with van der Waals surface area (Å²) in [4.78, 5) is 15.6. The molecule has 1 aromatic rings. The Morgan fingerprint density at radius 1 is 1.44 bits per heavy atom. The number of nitrogens with one attached hydrogen (secondary N) is 2. The zero-order chi connectivity index (χ0) is 12.2. The van der Waals surface area contributed by atoms with Crippen molar-refractivity contribution in [2.24, 2.45) is 0 Å². The average molecular weight is 221 g/mol. The van der Waals surface area contributed by atoms with Crippen LogP contribution in [0.4, 0.5) is 5.82 Å². The van der Waals surface area contributed by atoms with Gasteiger partial charge in [-0.05, 0) is 45.4 Å². The maximum Gasteiger partial charge on any atom is 0.239 e. The van der Waals surface area contributed by atoms with Gasteiger partial charge in [-0.2, -0.15) is 0 Å². The number of carbonyl (C=O) groups is 1. The second-order valence-electron chi connectivity index (χ2n) is 4.87. The molecule has 4 heteroatoms. The standard InChI is InChI=1S/C12H19N3O/c1-9-5-6-13-10(7-9)14-8-11(16)15-12(2,3)4/h5-7H,8H2,1-4H3,(H,13,14)(H,15,16). The SMILES string of the molecule is Cc1ccnc(NCC(=O)NC(C)(C)C)c1. The van der Waals surface area contributed by atoms with Crippen LogP contribution in [0.5, 0.6) is 0 Å². The van der Waals surface area contributed by atoms with Crippen molar-refractivity contribution in [1.82, 2.24) is 10.3 Å². The molecule has 1 amide bonds. The summed E-state index contributed by atoms with van der Waals surface area (Å²) in [5, 5.41) is 5.86. The van der Waals surface area contributed by atoms with Crippen molar-refractivity contribution in [2.75, 3.05) is 11.9 Å². The van der Waals surface area contributed by atoms with Gasteiger partial charge in [0.05, 0.1) is 6.54 Å². The van der Waals surface area contributed by atoms with Crippen LogP contribution in [0, 0.1) is 6.92 Å². The second-order valence-corrected chi connectivity index (χ2v) is 4.87. The number of anilines is 1. The van der Waals surface area contributed by atoms with E-state index in [2.05, 4.69) is 15.6 Å². The Labute approximate surface area is 96.5 Å². The minimum absolute atomic E-state index is 0.0317. The first-order valence-corrected chi connectivity index (χ1v) is 5.34. The number of hydrogen-bond donors (Lipinski definition) is 2. The van der Waals surface area contributed by atoms with E-state index in [9.17, 15) is 4.79 Å². The van der Waals surface area contributed by atoms with Gasteiger partial charge in [-0.15, -0.1) is 0 Å². The molecular formula is C12H19N3O. The predicted molar refractivity (Wildman–Crippen MR) is 65.4 cm³/mol. The number of pyridine rings is 1. The second kappa shape index (κ2) is 4.96. The maximum absolute atomic E-state index is 11.5. The lowest BCUT2D eigenvalue weighted by Gasteiger charge is -2.20. The molecule has 4 nitrogen and oxygen atoms in total. The molecular weight excluding hydrogens is 202 g/mol. The lowest BCUT2D eigenvalue weighted by atomic mass is 10.1. The van der Waals surface area contributed by atoms with E-state index in [1.54, 1.807) is 6.20 Å². The van der Waals surface area contributed by atoms with E-state index >= 15 is 0 Å². The van der Waals surface area contributed by atoms with Crippen LogP contribution < -0.4 is 10.6 Å². The van der Waals surface area contributed by atoms with Crippen LogP contribution in [0.2, 0.25) is 0 Å². The fourth-order valence-corrected chi connectivity index (χ4v) is 1.27. The summed E-state index contributed by atoms with van der Waals surface area (Å²) in [6, 6.07) is 3.82. The molecule has 0 aromatic carbocycles. The Kier molecular flexibility index (Phi) is 3.88. The molecule has 0 aliphatic rings. The average Bonchev–Trinajstić information content (AvgIpc) is 2.12. The third kappa shape index (κ3) is 4.77. The van der Waals surface area contributed by atoms with Crippen LogP contribution >= 0.6 is 0 Å². The molecule has 0 spiro atoms. The van der Waals surface area contributed by atoms with Gasteiger partial charge in [-0.3, -0.25) is 4.79 Å². The Morgan fingerprint density at radius 3 is 2.69 bits per heavy atom.